The summed E-state index contributed by atoms with van der Waals surface area (Å²) in [6, 6.07) is 7.49. The molecule has 1 saturated carbocycles. The third kappa shape index (κ3) is 4.94. The fourth-order valence-corrected chi connectivity index (χ4v) is 3.95. The Morgan fingerprint density at radius 1 is 1.12 bits per heavy atom. The third-order valence-electron chi connectivity index (χ3n) is 5.46. The van der Waals surface area contributed by atoms with Gasteiger partial charge in [0.25, 0.3) is 0 Å². The van der Waals surface area contributed by atoms with Gasteiger partial charge in [-0.3, -0.25) is 0 Å². The second kappa shape index (κ2) is 8.99. The standard InChI is InChI=1S/C20H30O5/c21-13-17-12-18(22)19(23)20(25-17)15-7-4-8-16(11-15)24-10-9-14-5-2-1-3-6-14/h4,7-8,11,14,17-23H,1-3,5-6,9-10,12-13H2/t17-,18-,19-,20?/m0/s1. The van der Waals surface area contributed by atoms with Crippen molar-refractivity contribution >= 4 is 0 Å². The second-order valence-electron chi connectivity index (χ2n) is 7.37. The van der Waals surface area contributed by atoms with Gasteiger partial charge in [-0.1, -0.05) is 44.2 Å². The van der Waals surface area contributed by atoms with E-state index in [0.29, 0.717) is 6.61 Å². The molecule has 140 valence electrons. The van der Waals surface area contributed by atoms with Crippen LogP contribution in [-0.4, -0.2) is 46.8 Å². The number of hydrogen-bond donors (Lipinski definition) is 3. The van der Waals surface area contributed by atoms with Gasteiger partial charge in [0.15, 0.2) is 0 Å². The molecule has 5 heteroatoms. The van der Waals surface area contributed by atoms with E-state index < -0.39 is 24.4 Å². The summed E-state index contributed by atoms with van der Waals surface area (Å²) in [5, 5.41) is 29.5. The molecule has 2 aliphatic rings. The zero-order valence-corrected chi connectivity index (χ0v) is 14.7. The fraction of sp³-hybridized carbons (Fsp3) is 0.700. The van der Waals surface area contributed by atoms with Crippen LogP contribution < -0.4 is 4.74 Å². The van der Waals surface area contributed by atoms with Crippen molar-refractivity contribution in [3.8, 4) is 5.75 Å². The number of rotatable bonds is 6. The van der Waals surface area contributed by atoms with Gasteiger partial charge >= 0.3 is 0 Å². The Hall–Kier alpha value is -1.14. The monoisotopic (exact) mass is 350 g/mol. The van der Waals surface area contributed by atoms with Crippen LogP contribution in [-0.2, 0) is 4.74 Å². The Kier molecular flexibility index (Phi) is 6.70. The van der Waals surface area contributed by atoms with E-state index in [1.54, 1.807) is 0 Å². The quantitative estimate of drug-likeness (QED) is 0.735. The van der Waals surface area contributed by atoms with Crippen LogP contribution in [0.1, 0.15) is 56.6 Å². The summed E-state index contributed by atoms with van der Waals surface area (Å²) in [7, 11) is 0. The molecule has 0 aromatic heterocycles. The maximum absolute atomic E-state index is 10.2. The summed E-state index contributed by atoms with van der Waals surface area (Å²) in [5.74, 6) is 1.53. The molecule has 1 aliphatic carbocycles. The summed E-state index contributed by atoms with van der Waals surface area (Å²) < 4.78 is 11.6. The van der Waals surface area contributed by atoms with Crippen molar-refractivity contribution in [2.45, 2.75) is 69.4 Å². The molecule has 1 saturated heterocycles. The van der Waals surface area contributed by atoms with Crippen LogP contribution in [0.15, 0.2) is 24.3 Å². The van der Waals surface area contributed by atoms with Crippen molar-refractivity contribution in [3.05, 3.63) is 29.8 Å². The van der Waals surface area contributed by atoms with Crippen molar-refractivity contribution in [3.63, 3.8) is 0 Å². The first-order valence-corrected chi connectivity index (χ1v) is 9.52. The van der Waals surface area contributed by atoms with E-state index in [2.05, 4.69) is 0 Å². The smallest absolute Gasteiger partial charge is 0.119 e. The number of aliphatic hydroxyl groups is 3. The van der Waals surface area contributed by atoms with Crippen molar-refractivity contribution in [1.29, 1.82) is 0 Å². The summed E-state index contributed by atoms with van der Waals surface area (Å²) in [6.07, 6.45) is 4.98. The number of ether oxygens (including phenoxy) is 2. The lowest BCUT2D eigenvalue weighted by molar-refractivity contribution is -0.179. The molecular weight excluding hydrogens is 320 g/mol. The fourth-order valence-electron chi connectivity index (χ4n) is 3.95. The van der Waals surface area contributed by atoms with Crippen molar-refractivity contribution in [2.75, 3.05) is 13.2 Å². The molecule has 2 fully saturated rings. The van der Waals surface area contributed by atoms with E-state index in [1.807, 2.05) is 24.3 Å². The van der Waals surface area contributed by atoms with Crippen molar-refractivity contribution < 1.29 is 24.8 Å². The van der Waals surface area contributed by atoms with E-state index in [1.165, 1.54) is 32.1 Å². The molecule has 0 bridgehead atoms. The van der Waals surface area contributed by atoms with Crippen LogP contribution in [0.3, 0.4) is 0 Å². The minimum absolute atomic E-state index is 0.169. The van der Waals surface area contributed by atoms with Crippen LogP contribution in [0.25, 0.3) is 0 Å². The first-order valence-electron chi connectivity index (χ1n) is 9.52. The normalized spacial score (nSPS) is 31.0. The van der Waals surface area contributed by atoms with Crippen LogP contribution in [0, 0.1) is 5.92 Å². The Balaban J connectivity index is 1.58. The highest BCUT2D eigenvalue weighted by atomic mass is 16.5. The zero-order valence-electron chi connectivity index (χ0n) is 14.7. The highest BCUT2D eigenvalue weighted by Gasteiger charge is 2.37. The van der Waals surface area contributed by atoms with Gasteiger partial charge < -0.3 is 24.8 Å². The van der Waals surface area contributed by atoms with Crippen LogP contribution in [0.2, 0.25) is 0 Å². The third-order valence-corrected chi connectivity index (χ3v) is 5.46. The van der Waals surface area contributed by atoms with Gasteiger partial charge in [0, 0.05) is 6.42 Å². The summed E-state index contributed by atoms with van der Waals surface area (Å²) in [4.78, 5) is 0. The molecule has 5 nitrogen and oxygen atoms in total. The van der Waals surface area contributed by atoms with E-state index in [-0.39, 0.29) is 13.0 Å². The summed E-state index contributed by atoms with van der Waals surface area (Å²) >= 11 is 0. The average Bonchev–Trinajstić information content (AvgIpc) is 2.65. The van der Waals surface area contributed by atoms with Gasteiger partial charge in [-0.25, -0.2) is 0 Å². The van der Waals surface area contributed by atoms with Gasteiger partial charge in [0.2, 0.25) is 0 Å². The molecule has 1 aromatic rings. The molecule has 0 radical (unpaired) electrons. The summed E-state index contributed by atoms with van der Waals surface area (Å²) in [5.41, 5.74) is 0.764. The molecule has 3 N–H and O–H groups in total. The molecule has 0 amide bonds. The van der Waals surface area contributed by atoms with Crippen LogP contribution in [0.4, 0.5) is 0 Å². The van der Waals surface area contributed by atoms with E-state index >= 15 is 0 Å². The first-order chi connectivity index (χ1) is 12.2. The number of hydrogen-bond acceptors (Lipinski definition) is 5. The lowest BCUT2D eigenvalue weighted by Crippen LogP contribution is -2.44. The highest BCUT2D eigenvalue weighted by molar-refractivity contribution is 5.31. The molecule has 25 heavy (non-hydrogen) atoms. The van der Waals surface area contributed by atoms with E-state index in [4.69, 9.17) is 9.47 Å². The van der Waals surface area contributed by atoms with Crippen LogP contribution >= 0.6 is 0 Å². The Morgan fingerprint density at radius 2 is 1.92 bits per heavy atom. The molecule has 1 unspecified atom stereocenters. The lowest BCUT2D eigenvalue weighted by Gasteiger charge is -2.36. The molecule has 3 rings (SSSR count). The van der Waals surface area contributed by atoms with Gasteiger partial charge in [-0.15, -0.1) is 0 Å². The van der Waals surface area contributed by atoms with Crippen LogP contribution in [0.5, 0.6) is 5.75 Å². The zero-order chi connectivity index (χ0) is 17.6. The first kappa shape index (κ1) is 18.6. The highest BCUT2D eigenvalue weighted by Crippen LogP contribution is 2.33. The molecule has 1 aliphatic heterocycles. The Labute approximate surface area is 149 Å². The maximum Gasteiger partial charge on any atom is 0.119 e. The van der Waals surface area contributed by atoms with E-state index in [9.17, 15) is 15.3 Å². The predicted octanol–water partition coefficient (Wildman–Crippen LogP) is 2.58. The second-order valence-corrected chi connectivity index (χ2v) is 7.37. The molecule has 4 atom stereocenters. The van der Waals surface area contributed by atoms with Crippen molar-refractivity contribution in [1.82, 2.24) is 0 Å². The molecular formula is C20H30O5. The minimum Gasteiger partial charge on any atom is -0.494 e. The van der Waals surface area contributed by atoms with Crippen molar-refractivity contribution in [2.24, 2.45) is 5.92 Å². The maximum atomic E-state index is 10.2. The largest absolute Gasteiger partial charge is 0.494 e. The molecule has 1 heterocycles. The van der Waals surface area contributed by atoms with Gasteiger partial charge in [0.1, 0.15) is 18.0 Å². The number of aliphatic hydroxyl groups excluding tert-OH is 3. The lowest BCUT2D eigenvalue weighted by atomic mass is 9.87. The Bertz CT molecular complexity index is 529. The number of benzene rings is 1. The minimum atomic E-state index is -1.000. The van der Waals surface area contributed by atoms with E-state index in [0.717, 1.165) is 23.7 Å². The van der Waals surface area contributed by atoms with Gasteiger partial charge in [-0.2, -0.15) is 0 Å². The predicted molar refractivity (Wildman–Crippen MR) is 94.5 cm³/mol. The molecule has 1 aromatic carbocycles. The Morgan fingerprint density at radius 3 is 2.68 bits per heavy atom. The van der Waals surface area contributed by atoms with Gasteiger partial charge in [-0.05, 0) is 30.0 Å². The SMILES string of the molecule is OC[C@@H]1C[C@H](O)[C@H](O)C(c2cccc(OCCC3CCCCC3)c2)O1. The summed E-state index contributed by atoms with van der Waals surface area (Å²) in [6.45, 7) is 0.530. The molecule has 0 spiro atoms. The topological polar surface area (TPSA) is 79.2 Å². The average molecular weight is 350 g/mol. The van der Waals surface area contributed by atoms with Gasteiger partial charge in [0.05, 0.1) is 25.4 Å².